The van der Waals surface area contributed by atoms with E-state index in [0.717, 1.165) is 54.7 Å². The molecule has 2 atom stereocenters. The van der Waals surface area contributed by atoms with Gasteiger partial charge in [0.25, 0.3) is 0 Å². The van der Waals surface area contributed by atoms with E-state index < -0.39 is 6.09 Å². The number of anilines is 1. The lowest BCUT2D eigenvalue weighted by Gasteiger charge is -2.35. The van der Waals surface area contributed by atoms with Crippen LogP contribution in [0.25, 0.3) is 10.4 Å². The summed E-state index contributed by atoms with van der Waals surface area (Å²) in [6, 6.07) is 20.9. The topological polar surface area (TPSA) is 85.9 Å². The van der Waals surface area contributed by atoms with Crippen LogP contribution in [0, 0.1) is 0 Å². The Hall–Kier alpha value is -2.85. The number of rotatable bonds is 8. The summed E-state index contributed by atoms with van der Waals surface area (Å²) in [7, 11) is 0. The quantitative estimate of drug-likeness (QED) is 0.290. The Balaban J connectivity index is 1.26. The van der Waals surface area contributed by atoms with E-state index in [0.29, 0.717) is 24.5 Å². The molecule has 9 heteroatoms. The first-order chi connectivity index (χ1) is 18.6. The second-order valence-electron chi connectivity index (χ2n) is 9.49. The highest BCUT2D eigenvalue weighted by Gasteiger charge is 2.38. The van der Waals surface area contributed by atoms with E-state index >= 15 is 0 Å². The molecule has 0 spiro atoms. The average molecular weight is 553 g/mol. The highest BCUT2D eigenvalue weighted by molar-refractivity contribution is 8.00. The number of hydrogen-bond acceptors (Lipinski definition) is 7. The minimum Gasteiger partial charge on any atom is -0.410 e. The number of thioether (sulfide) groups is 1. The maximum atomic E-state index is 12.9. The van der Waals surface area contributed by atoms with Crippen LogP contribution in [0.5, 0.6) is 5.75 Å². The summed E-state index contributed by atoms with van der Waals surface area (Å²) in [6.45, 7) is 0.670. The van der Waals surface area contributed by atoms with Crippen LogP contribution < -0.4 is 15.5 Å². The summed E-state index contributed by atoms with van der Waals surface area (Å²) < 4.78 is 10.6. The van der Waals surface area contributed by atoms with Crippen molar-refractivity contribution in [2.45, 2.75) is 56.0 Å². The van der Waals surface area contributed by atoms with E-state index in [2.05, 4.69) is 22.9 Å². The smallest absolute Gasteiger partial charge is 0.410 e. The lowest BCUT2D eigenvalue weighted by Crippen LogP contribution is -2.37. The zero-order chi connectivity index (χ0) is 26.2. The highest BCUT2D eigenvalue weighted by Crippen LogP contribution is 2.51. The van der Waals surface area contributed by atoms with Crippen molar-refractivity contribution in [3.63, 3.8) is 0 Å². The van der Waals surface area contributed by atoms with Crippen LogP contribution >= 0.6 is 23.1 Å². The zero-order valence-corrected chi connectivity index (χ0v) is 22.8. The molecule has 2 N–H and O–H groups in total. The first kappa shape index (κ1) is 26.7. The molecule has 38 heavy (non-hydrogen) atoms. The molecule has 1 unspecified atom stereocenters. The lowest BCUT2D eigenvalue weighted by atomic mass is 9.94. The Labute approximate surface area is 231 Å². The van der Waals surface area contributed by atoms with Gasteiger partial charge in [0.2, 0.25) is 5.91 Å². The van der Waals surface area contributed by atoms with Gasteiger partial charge in [-0.2, -0.15) is 0 Å². The minimum atomic E-state index is -0.537. The number of amides is 2. The molecule has 2 fully saturated rings. The van der Waals surface area contributed by atoms with Crippen molar-refractivity contribution < 1.29 is 23.9 Å². The Bertz CT molecular complexity index is 1220. The van der Waals surface area contributed by atoms with Gasteiger partial charge in [0.15, 0.2) is 6.29 Å². The minimum absolute atomic E-state index is 0.119. The molecular formula is C29H32N2O5S2. The first-order valence-corrected chi connectivity index (χ1v) is 14.8. The maximum Gasteiger partial charge on any atom is 0.417 e. The van der Waals surface area contributed by atoms with Crippen molar-refractivity contribution >= 4 is 40.8 Å². The Morgan fingerprint density at radius 1 is 1.00 bits per heavy atom. The van der Waals surface area contributed by atoms with Crippen LogP contribution in [0.4, 0.5) is 10.5 Å². The molecule has 1 aromatic heterocycles. The van der Waals surface area contributed by atoms with Crippen molar-refractivity contribution in [1.29, 1.82) is 0 Å². The van der Waals surface area contributed by atoms with Crippen molar-refractivity contribution in [3.05, 3.63) is 71.6 Å². The van der Waals surface area contributed by atoms with Gasteiger partial charge < -0.3 is 9.47 Å². The molecule has 2 aromatic carbocycles. The van der Waals surface area contributed by atoms with Gasteiger partial charge in [-0.05, 0) is 73.4 Å². The Morgan fingerprint density at radius 2 is 1.89 bits per heavy atom. The maximum absolute atomic E-state index is 12.9. The fraction of sp³-hybridized carbons (Fsp3) is 0.379. The standard InChI is InChI=1S/C29H32N2O5S2/c32-26(31-36-27-13-4-6-17-34-27)20-29(16-5-7-18-37-29)25-15-14-24(38-25)21-9-8-10-22(19-21)30-28(33)35-23-11-2-1-3-12-23/h1-3,8-12,14-15,19,27H,4-7,13,16-18,20H2,(H,30,33)(H,31,32)/t27?,29-/m0/s1. The summed E-state index contributed by atoms with van der Waals surface area (Å²) >= 11 is 3.56. The molecule has 2 saturated heterocycles. The fourth-order valence-electron chi connectivity index (χ4n) is 4.73. The fourth-order valence-corrected chi connectivity index (χ4v) is 7.62. The molecule has 7 nitrogen and oxygen atoms in total. The van der Waals surface area contributed by atoms with Gasteiger partial charge in [-0.15, -0.1) is 23.1 Å². The monoisotopic (exact) mass is 552 g/mol. The second kappa shape index (κ2) is 12.8. The highest BCUT2D eigenvalue weighted by atomic mass is 32.2. The summed E-state index contributed by atoms with van der Waals surface area (Å²) in [5.74, 6) is 1.39. The predicted octanol–water partition coefficient (Wildman–Crippen LogP) is 7.10. The second-order valence-corrected chi connectivity index (χ2v) is 12.1. The summed E-state index contributed by atoms with van der Waals surface area (Å²) in [5, 5.41) is 2.81. The van der Waals surface area contributed by atoms with Crippen molar-refractivity contribution in [1.82, 2.24) is 5.48 Å². The zero-order valence-electron chi connectivity index (χ0n) is 21.1. The molecule has 200 valence electrons. The third-order valence-corrected chi connectivity index (χ3v) is 9.73. The molecule has 3 heterocycles. The molecule has 2 amide bonds. The normalized spacial score (nSPS) is 21.4. The number of benzene rings is 2. The Kier molecular flexibility index (Phi) is 9.01. The number of carbonyl (C=O) groups is 2. The van der Waals surface area contributed by atoms with E-state index in [1.54, 1.807) is 23.5 Å². The van der Waals surface area contributed by atoms with Crippen molar-refractivity contribution in [2.75, 3.05) is 17.7 Å². The summed E-state index contributed by atoms with van der Waals surface area (Å²) in [4.78, 5) is 33.1. The van der Waals surface area contributed by atoms with Gasteiger partial charge in [-0.1, -0.05) is 36.8 Å². The third kappa shape index (κ3) is 6.96. The Morgan fingerprint density at radius 3 is 2.68 bits per heavy atom. The molecule has 0 aliphatic carbocycles. The number of ether oxygens (including phenoxy) is 2. The third-order valence-electron chi connectivity index (χ3n) is 6.64. The van der Waals surface area contributed by atoms with Crippen LogP contribution in [0.15, 0.2) is 66.7 Å². The number of hydrogen-bond donors (Lipinski definition) is 2. The summed E-state index contributed by atoms with van der Waals surface area (Å²) in [5.41, 5.74) is 4.30. The van der Waals surface area contributed by atoms with E-state index in [-0.39, 0.29) is 16.9 Å². The first-order valence-electron chi connectivity index (χ1n) is 13.0. The molecule has 2 aliphatic heterocycles. The number of carbonyl (C=O) groups excluding carboxylic acids is 2. The van der Waals surface area contributed by atoms with Crippen LogP contribution in [-0.2, 0) is 19.1 Å². The van der Waals surface area contributed by atoms with Crippen LogP contribution in [-0.4, -0.2) is 30.7 Å². The predicted molar refractivity (Wildman–Crippen MR) is 151 cm³/mol. The van der Waals surface area contributed by atoms with E-state index in [4.69, 9.17) is 14.3 Å². The number of hydroxylamine groups is 1. The van der Waals surface area contributed by atoms with Crippen LogP contribution in [0.2, 0.25) is 0 Å². The molecular weight excluding hydrogens is 520 g/mol. The molecule has 0 radical (unpaired) electrons. The average Bonchev–Trinajstić information content (AvgIpc) is 3.45. The number of para-hydroxylation sites is 1. The van der Waals surface area contributed by atoms with Crippen molar-refractivity contribution in [3.8, 4) is 16.2 Å². The van der Waals surface area contributed by atoms with Gasteiger partial charge >= 0.3 is 6.09 Å². The van der Waals surface area contributed by atoms with Gasteiger partial charge in [-0.25, -0.2) is 15.1 Å². The van der Waals surface area contributed by atoms with E-state index in [1.807, 2.05) is 54.2 Å². The van der Waals surface area contributed by atoms with Crippen LogP contribution in [0.1, 0.15) is 49.8 Å². The molecule has 2 aliphatic rings. The van der Waals surface area contributed by atoms with E-state index in [1.165, 1.54) is 4.88 Å². The van der Waals surface area contributed by atoms with Gasteiger partial charge in [0.1, 0.15) is 5.75 Å². The lowest BCUT2D eigenvalue weighted by molar-refractivity contribution is -0.200. The number of nitrogens with one attached hydrogen (secondary N) is 2. The van der Waals surface area contributed by atoms with Gasteiger partial charge in [-0.3, -0.25) is 10.1 Å². The number of thiophene rings is 1. The molecule has 0 bridgehead atoms. The molecule has 0 saturated carbocycles. The van der Waals surface area contributed by atoms with Gasteiger partial charge in [0.05, 0.1) is 4.75 Å². The largest absolute Gasteiger partial charge is 0.417 e. The molecule has 3 aromatic rings. The van der Waals surface area contributed by atoms with Gasteiger partial charge in [0, 0.05) is 34.9 Å². The van der Waals surface area contributed by atoms with Crippen molar-refractivity contribution in [2.24, 2.45) is 0 Å². The SMILES string of the molecule is O=C(C[C@]1(c2ccc(-c3cccc(NC(=O)Oc4ccccc4)c3)s2)CCCCS1)NOC1CCCCO1. The van der Waals surface area contributed by atoms with E-state index in [9.17, 15) is 9.59 Å². The molecule has 5 rings (SSSR count). The summed E-state index contributed by atoms with van der Waals surface area (Å²) in [6.07, 6.45) is 5.52. The van der Waals surface area contributed by atoms with Crippen LogP contribution in [0.3, 0.4) is 0 Å².